The molecule has 152 valence electrons. The third-order valence-electron chi connectivity index (χ3n) is 3.90. The fraction of sp³-hybridized carbons (Fsp3) is 0.211. The van der Waals surface area contributed by atoms with Crippen molar-refractivity contribution in [3.8, 4) is 6.07 Å². The monoisotopic (exact) mass is 479 g/mol. The summed E-state index contributed by atoms with van der Waals surface area (Å²) in [5.41, 5.74) is 0.479. The van der Waals surface area contributed by atoms with Gasteiger partial charge in [0.1, 0.15) is 0 Å². The van der Waals surface area contributed by atoms with Crippen LogP contribution in [0.4, 0.5) is 5.69 Å². The predicted molar refractivity (Wildman–Crippen MR) is 109 cm³/mol. The molecular weight excluding hydrogens is 462 g/mol. The van der Waals surface area contributed by atoms with Crippen molar-refractivity contribution in [1.82, 2.24) is 0 Å². The minimum absolute atomic E-state index is 0.0838. The van der Waals surface area contributed by atoms with E-state index in [-0.39, 0.29) is 23.4 Å². The number of carbonyl (C=O) groups is 2. The lowest BCUT2D eigenvalue weighted by atomic mass is 10.2. The summed E-state index contributed by atoms with van der Waals surface area (Å²) >= 11 is 3.16. The van der Waals surface area contributed by atoms with Gasteiger partial charge in [-0.15, -0.1) is 0 Å². The molecule has 2 aromatic rings. The number of sulfonamides is 1. The van der Waals surface area contributed by atoms with Crippen molar-refractivity contribution in [1.29, 1.82) is 5.26 Å². The van der Waals surface area contributed by atoms with Gasteiger partial charge in [-0.25, -0.2) is 18.4 Å². The molecule has 0 bridgehead atoms. The van der Waals surface area contributed by atoms with Crippen LogP contribution in [0.5, 0.6) is 0 Å². The molecule has 0 aliphatic rings. The Morgan fingerprint density at radius 3 is 2.48 bits per heavy atom. The normalized spacial score (nSPS) is 11.9. The number of nitriles is 1. The molecule has 1 amide bonds. The number of para-hydroxylation sites is 1. The standard InChI is InChI=1S/C19H18BrN3O5S/c1-13(18(24)23(11-5-10-21)14-6-3-2-4-7-14)28-19(25)16-12-15(29(22,26)27)8-9-17(16)20/h2-4,6-9,12-13H,5,11H2,1H3,(H2,22,26,27). The second-order valence-corrected chi connectivity index (χ2v) is 8.38. The molecule has 10 heteroatoms. The van der Waals surface area contributed by atoms with Gasteiger partial charge in [-0.05, 0) is 53.2 Å². The predicted octanol–water partition coefficient (Wildman–Crippen LogP) is 2.59. The molecule has 0 aliphatic carbocycles. The van der Waals surface area contributed by atoms with Crippen molar-refractivity contribution >= 4 is 43.5 Å². The Bertz CT molecular complexity index is 1050. The highest BCUT2D eigenvalue weighted by Crippen LogP contribution is 2.23. The number of hydrogen-bond acceptors (Lipinski definition) is 6. The SMILES string of the molecule is CC(OC(=O)c1cc(S(N)(=O)=O)ccc1Br)C(=O)N(CCC#N)c1ccccc1. The van der Waals surface area contributed by atoms with Gasteiger partial charge in [-0.2, -0.15) is 5.26 Å². The quantitative estimate of drug-likeness (QED) is 0.607. The first-order valence-corrected chi connectivity index (χ1v) is 10.8. The van der Waals surface area contributed by atoms with Crippen LogP contribution in [-0.4, -0.2) is 32.9 Å². The van der Waals surface area contributed by atoms with Gasteiger partial charge >= 0.3 is 5.97 Å². The molecule has 1 unspecified atom stereocenters. The number of ether oxygens (including phenoxy) is 1. The second-order valence-electron chi connectivity index (χ2n) is 5.97. The number of nitrogens with zero attached hydrogens (tertiary/aromatic N) is 2. The average Bonchev–Trinajstić information content (AvgIpc) is 2.68. The maximum absolute atomic E-state index is 12.8. The molecule has 0 saturated carbocycles. The number of amides is 1. The summed E-state index contributed by atoms with van der Waals surface area (Å²) < 4.78 is 28.6. The summed E-state index contributed by atoms with van der Waals surface area (Å²) in [6, 6.07) is 14.3. The molecule has 0 aliphatic heterocycles. The molecule has 1 atom stereocenters. The van der Waals surface area contributed by atoms with Crippen molar-refractivity contribution in [3.05, 3.63) is 58.6 Å². The summed E-state index contributed by atoms with van der Waals surface area (Å²) in [5.74, 6) is -1.41. The third kappa shape index (κ3) is 5.87. The topological polar surface area (TPSA) is 131 Å². The Morgan fingerprint density at radius 1 is 1.24 bits per heavy atom. The molecule has 2 N–H and O–H groups in total. The first-order valence-electron chi connectivity index (χ1n) is 8.42. The molecule has 2 rings (SSSR count). The van der Waals surface area contributed by atoms with Crippen LogP contribution in [0.25, 0.3) is 0 Å². The zero-order chi connectivity index (χ0) is 21.6. The van der Waals surface area contributed by atoms with Crippen molar-refractivity contribution in [3.63, 3.8) is 0 Å². The van der Waals surface area contributed by atoms with Crippen LogP contribution in [0.15, 0.2) is 57.9 Å². The van der Waals surface area contributed by atoms with Crippen LogP contribution in [0, 0.1) is 11.3 Å². The highest BCUT2D eigenvalue weighted by atomic mass is 79.9. The van der Waals surface area contributed by atoms with Gasteiger partial charge < -0.3 is 9.64 Å². The number of rotatable bonds is 7. The Kier molecular flexibility index (Phi) is 7.50. The minimum atomic E-state index is -4.01. The fourth-order valence-electron chi connectivity index (χ4n) is 2.47. The lowest BCUT2D eigenvalue weighted by molar-refractivity contribution is -0.126. The molecule has 0 radical (unpaired) electrons. The smallest absolute Gasteiger partial charge is 0.340 e. The zero-order valence-corrected chi connectivity index (χ0v) is 17.8. The molecular formula is C19H18BrN3O5S. The molecule has 0 heterocycles. The van der Waals surface area contributed by atoms with Gasteiger partial charge in [0.15, 0.2) is 6.10 Å². The Balaban J connectivity index is 2.23. The van der Waals surface area contributed by atoms with Gasteiger partial charge in [0.25, 0.3) is 5.91 Å². The maximum atomic E-state index is 12.8. The largest absolute Gasteiger partial charge is 0.449 e. The molecule has 29 heavy (non-hydrogen) atoms. The van der Waals surface area contributed by atoms with E-state index in [4.69, 9.17) is 15.1 Å². The maximum Gasteiger partial charge on any atom is 0.340 e. The Morgan fingerprint density at radius 2 is 1.90 bits per heavy atom. The second kappa shape index (κ2) is 9.65. The van der Waals surface area contributed by atoms with Crippen molar-refractivity contribution < 1.29 is 22.7 Å². The van der Waals surface area contributed by atoms with E-state index < -0.39 is 28.0 Å². The average molecular weight is 480 g/mol. The molecule has 0 aromatic heterocycles. The van der Waals surface area contributed by atoms with Gasteiger partial charge in [0, 0.05) is 16.7 Å². The summed E-state index contributed by atoms with van der Waals surface area (Å²) in [5, 5.41) is 14.0. The number of anilines is 1. The number of halogens is 1. The van der Waals surface area contributed by atoms with Crippen molar-refractivity contribution in [2.24, 2.45) is 5.14 Å². The van der Waals surface area contributed by atoms with Crippen LogP contribution in [0.3, 0.4) is 0 Å². The molecule has 0 saturated heterocycles. The van der Waals surface area contributed by atoms with Gasteiger partial charge in [0.05, 0.1) is 22.9 Å². The first kappa shape index (κ1) is 22.5. The van der Waals surface area contributed by atoms with E-state index in [1.165, 1.54) is 24.0 Å². The Hall–Kier alpha value is -2.74. The highest BCUT2D eigenvalue weighted by Gasteiger charge is 2.26. The van der Waals surface area contributed by atoms with E-state index in [9.17, 15) is 18.0 Å². The number of primary sulfonamides is 1. The van der Waals surface area contributed by atoms with Crippen LogP contribution in [-0.2, 0) is 19.6 Å². The zero-order valence-electron chi connectivity index (χ0n) is 15.4. The van der Waals surface area contributed by atoms with Crippen LogP contribution < -0.4 is 10.0 Å². The van der Waals surface area contributed by atoms with Crippen LogP contribution >= 0.6 is 15.9 Å². The molecule has 0 fully saturated rings. The van der Waals surface area contributed by atoms with Gasteiger partial charge in [-0.1, -0.05) is 18.2 Å². The molecule has 8 nitrogen and oxygen atoms in total. The van der Waals surface area contributed by atoms with Crippen molar-refractivity contribution in [2.75, 3.05) is 11.4 Å². The van der Waals surface area contributed by atoms with Crippen LogP contribution in [0.2, 0.25) is 0 Å². The summed E-state index contributed by atoms with van der Waals surface area (Å²) in [6.45, 7) is 1.53. The van der Waals surface area contributed by atoms with Gasteiger partial charge in [0.2, 0.25) is 10.0 Å². The summed E-state index contributed by atoms with van der Waals surface area (Å²) in [6.07, 6.45) is -1.07. The number of esters is 1. The fourth-order valence-corrected chi connectivity index (χ4v) is 3.42. The number of benzene rings is 2. The number of nitrogens with two attached hydrogens (primary N) is 1. The van der Waals surface area contributed by atoms with E-state index in [0.717, 1.165) is 6.07 Å². The van der Waals surface area contributed by atoms with Gasteiger partial charge in [-0.3, -0.25) is 4.79 Å². The van der Waals surface area contributed by atoms with Crippen molar-refractivity contribution in [2.45, 2.75) is 24.3 Å². The van der Waals surface area contributed by atoms with E-state index in [2.05, 4.69) is 15.9 Å². The highest BCUT2D eigenvalue weighted by molar-refractivity contribution is 9.10. The lowest BCUT2D eigenvalue weighted by Crippen LogP contribution is -2.40. The number of hydrogen-bond donors (Lipinski definition) is 1. The van der Waals surface area contributed by atoms with E-state index in [1.807, 2.05) is 6.07 Å². The van der Waals surface area contributed by atoms with E-state index >= 15 is 0 Å². The summed E-state index contributed by atoms with van der Waals surface area (Å²) in [7, 11) is -4.01. The minimum Gasteiger partial charge on any atom is -0.449 e. The first-order chi connectivity index (χ1) is 13.6. The summed E-state index contributed by atoms with van der Waals surface area (Å²) in [4.78, 5) is 26.5. The van der Waals surface area contributed by atoms with E-state index in [1.54, 1.807) is 30.3 Å². The third-order valence-corrected chi connectivity index (χ3v) is 5.50. The Labute approximate surface area is 177 Å². The lowest BCUT2D eigenvalue weighted by Gasteiger charge is -2.25. The number of carbonyl (C=O) groups excluding carboxylic acids is 2. The van der Waals surface area contributed by atoms with E-state index in [0.29, 0.717) is 10.2 Å². The molecule has 0 spiro atoms. The van der Waals surface area contributed by atoms with Crippen LogP contribution in [0.1, 0.15) is 23.7 Å². The molecule has 2 aromatic carbocycles.